The van der Waals surface area contributed by atoms with Gasteiger partial charge in [0.2, 0.25) is 0 Å². The Morgan fingerprint density at radius 1 is 1.64 bits per heavy atom. The number of aromatic nitrogens is 1. The van der Waals surface area contributed by atoms with Gasteiger partial charge in [-0.2, -0.15) is 0 Å². The predicted molar refractivity (Wildman–Crippen MR) is 45.1 cm³/mol. The van der Waals surface area contributed by atoms with Crippen LogP contribution >= 0.6 is 11.6 Å². The number of alkyl halides is 1. The van der Waals surface area contributed by atoms with E-state index in [-0.39, 0.29) is 5.38 Å². The summed E-state index contributed by atoms with van der Waals surface area (Å²) in [5, 5.41) is -0.0647. The highest BCUT2D eigenvalue weighted by atomic mass is 35.5. The van der Waals surface area contributed by atoms with Crippen molar-refractivity contribution in [2.75, 3.05) is 7.11 Å². The first-order chi connectivity index (χ1) is 5.24. The third-order valence-corrected chi connectivity index (χ3v) is 1.62. The zero-order chi connectivity index (χ0) is 8.27. The molecule has 3 heteroatoms. The molecule has 2 nitrogen and oxygen atoms in total. The standard InChI is InChI=1S/C8H10ClNO/c1-6(9)8-5-7(11-2)3-4-10-8/h3-6H,1-2H3. The summed E-state index contributed by atoms with van der Waals surface area (Å²) in [6.45, 7) is 1.88. The van der Waals surface area contributed by atoms with E-state index in [2.05, 4.69) is 4.98 Å². The van der Waals surface area contributed by atoms with Gasteiger partial charge in [0.1, 0.15) is 5.75 Å². The van der Waals surface area contributed by atoms with Gasteiger partial charge in [-0.3, -0.25) is 4.98 Å². The Kier molecular flexibility index (Phi) is 2.71. The van der Waals surface area contributed by atoms with Crippen molar-refractivity contribution in [2.45, 2.75) is 12.3 Å². The molecule has 0 fully saturated rings. The normalized spacial score (nSPS) is 12.6. The summed E-state index contributed by atoms with van der Waals surface area (Å²) in [6.07, 6.45) is 1.69. The van der Waals surface area contributed by atoms with Crippen LogP contribution in [0.2, 0.25) is 0 Å². The van der Waals surface area contributed by atoms with E-state index in [4.69, 9.17) is 16.3 Å². The summed E-state index contributed by atoms with van der Waals surface area (Å²) in [7, 11) is 1.62. The summed E-state index contributed by atoms with van der Waals surface area (Å²) >= 11 is 5.81. The Morgan fingerprint density at radius 3 is 2.91 bits per heavy atom. The fraction of sp³-hybridized carbons (Fsp3) is 0.375. The molecule has 0 amide bonds. The lowest BCUT2D eigenvalue weighted by atomic mass is 10.3. The maximum atomic E-state index is 5.81. The molecule has 0 spiro atoms. The van der Waals surface area contributed by atoms with Crippen LogP contribution in [0.3, 0.4) is 0 Å². The van der Waals surface area contributed by atoms with Crippen LogP contribution in [0.15, 0.2) is 18.3 Å². The molecule has 1 atom stereocenters. The maximum Gasteiger partial charge on any atom is 0.122 e. The number of ether oxygens (including phenoxy) is 1. The SMILES string of the molecule is COc1ccnc(C(C)Cl)c1. The number of hydrogen-bond donors (Lipinski definition) is 0. The highest BCUT2D eigenvalue weighted by molar-refractivity contribution is 6.20. The van der Waals surface area contributed by atoms with Gasteiger partial charge in [0.25, 0.3) is 0 Å². The predicted octanol–water partition coefficient (Wildman–Crippen LogP) is 2.39. The third-order valence-electron chi connectivity index (χ3n) is 1.40. The molecule has 0 saturated carbocycles. The van der Waals surface area contributed by atoms with Gasteiger partial charge in [-0.05, 0) is 13.0 Å². The van der Waals surface area contributed by atoms with Gasteiger partial charge in [0, 0.05) is 12.3 Å². The van der Waals surface area contributed by atoms with Crippen molar-refractivity contribution in [3.05, 3.63) is 24.0 Å². The number of pyridine rings is 1. The molecule has 1 rings (SSSR count). The van der Waals surface area contributed by atoms with Gasteiger partial charge in [-0.1, -0.05) is 0 Å². The van der Waals surface area contributed by atoms with Crippen LogP contribution in [0, 0.1) is 0 Å². The molecule has 0 bridgehead atoms. The topological polar surface area (TPSA) is 22.1 Å². The molecule has 0 N–H and O–H groups in total. The Morgan fingerprint density at radius 2 is 2.36 bits per heavy atom. The Hall–Kier alpha value is -0.760. The van der Waals surface area contributed by atoms with Crippen molar-refractivity contribution < 1.29 is 4.74 Å². The first kappa shape index (κ1) is 8.34. The average molecular weight is 172 g/mol. The zero-order valence-electron chi connectivity index (χ0n) is 6.54. The minimum Gasteiger partial charge on any atom is -0.497 e. The summed E-state index contributed by atoms with van der Waals surface area (Å²) in [6, 6.07) is 3.63. The lowest BCUT2D eigenvalue weighted by Gasteiger charge is -2.03. The van der Waals surface area contributed by atoms with Crippen LogP contribution < -0.4 is 4.74 Å². The molecule has 1 heterocycles. The lowest BCUT2D eigenvalue weighted by Crippen LogP contribution is -1.91. The van der Waals surface area contributed by atoms with Gasteiger partial charge in [0.15, 0.2) is 0 Å². The highest BCUT2D eigenvalue weighted by Gasteiger charge is 2.02. The van der Waals surface area contributed by atoms with Crippen LogP contribution in [-0.4, -0.2) is 12.1 Å². The number of hydrogen-bond acceptors (Lipinski definition) is 2. The summed E-state index contributed by atoms with van der Waals surface area (Å²) in [4.78, 5) is 4.07. The van der Waals surface area contributed by atoms with E-state index in [1.54, 1.807) is 19.4 Å². The van der Waals surface area contributed by atoms with Crippen LogP contribution in [-0.2, 0) is 0 Å². The minimum absolute atomic E-state index is 0.0647. The smallest absolute Gasteiger partial charge is 0.122 e. The largest absolute Gasteiger partial charge is 0.497 e. The molecular formula is C8H10ClNO. The average Bonchev–Trinajstić information content (AvgIpc) is 2.05. The molecule has 11 heavy (non-hydrogen) atoms. The third kappa shape index (κ3) is 2.09. The second-order valence-electron chi connectivity index (χ2n) is 2.24. The second kappa shape index (κ2) is 3.58. The van der Waals surface area contributed by atoms with Crippen molar-refractivity contribution in [1.82, 2.24) is 4.98 Å². The fourth-order valence-electron chi connectivity index (χ4n) is 0.772. The van der Waals surface area contributed by atoms with Crippen LogP contribution in [0.5, 0.6) is 5.75 Å². The molecule has 0 aliphatic heterocycles. The summed E-state index contributed by atoms with van der Waals surface area (Å²) in [5.41, 5.74) is 0.839. The Bertz CT molecular complexity index is 237. The van der Waals surface area contributed by atoms with Gasteiger partial charge >= 0.3 is 0 Å². The number of methoxy groups -OCH3 is 1. The molecule has 0 aliphatic carbocycles. The molecule has 0 aliphatic rings. The van der Waals surface area contributed by atoms with E-state index in [0.29, 0.717) is 0 Å². The minimum atomic E-state index is -0.0647. The van der Waals surface area contributed by atoms with Crippen molar-refractivity contribution in [3.63, 3.8) is 0 Å². The first-order valence-electron chi connectivity index (χ1n) is 3.38. The highest BCUT2D eigenvalue weighted by Crippen LogP contribution is 2.20. The van der Waals surface area contributed by atoms with E-state index < -0.39 is 0 Å². The quantitative estimate of drug-likeness (QED) is 0.638. The van der Waals surface area contributed by atoms with E-state index >= 15 is 0 Å². The number of halogens is 1. The van der Waals surface area contributed by atoms with Gasteiger partial charge < -0.3 is 4.74 Å². The fourth-order valence-corrected chi connectivity index (χ4v) is 0.892. The van der Waals surface area contributed by atoms with Gasteiger partial charge in [-0.25, -0.2) is 0 Å². The molecular weight excluding hydrogens is 162 g/mol. The molecule has 1 unspecified atom stereocenters. The Labute approximate surface area is 71.2 Å². The van der Waals surface area contributed by atoms with Crippen molar-refractivity contribution in [2.24, 2.45) is 0 Å². The second-order valence-corrected chi connectivity index (χ2v) is 2.89. The lowest BCUT2D eigenvalue weighted by molar-refractivity contribution is 0.413. The van der Waals surface area contributed by atoms with Crippen molar-refractivity contribution in [3.8, 4) is 5.75 Å². The summed E-state index contributed by atoms with van der Waals surface area (Å²) in [5.74, 6) is 0.794. The molecule has 60 valence electrons. The van der Waals surface area contributed by atoms with Crippen LogP contribution in [0.1, 0.15) is 18.0 Å². The summed E-state index contributed by atoms with van der Waals surface area (Å²) < 4.78 is 5.01. The maximum absolute atomic E-state index is 5.81. The van der Waals surface area contributed by atoms with Gasteiger partial charge in [-0.15, -0.1) is 11.6 Å². The zero-order valence-corrected chi connectivity index (χ0v) is 7.30. The van der Waals surface area contributed by atoms with Crippen LogP contribution in [0.25, 0.3) is 0 Å². The number of rotatable bonds is 2. The first-order valence-corrected chi connectivity index (χ1v) is 3.81. The molecule has 0 radical (unpaired) electrons. The monoisotopic (exact) mass is 171 g/mol. The van der Waals surface area contributed by atoms with Gasteiger partial charge in [0.05, 0.1) is 18.2 Å². The van der Waals surface area contributed by atoms with Crippen LogP contribution in [0.4, 0.5) is 0 Å². The Balaban J connectivity index is 2.91. The van der Waals surface area contributed by atoms with Crippen molar-refractivity contribution >= 4 is 11.6 Å². The molecule has 0 aromatic carbocycles. The van der Waals surface area contributed by atoms with E-state index in [9.17, 15) is 0 Å². The number of nitrogens with zero attached hydrogens (tertiary/aromatic N) is 1. The van der Waals surface area contributed by atoms with E-state index in [0.717, 1.165) is 11.4 Å². The molecule has 0 saturated heterocycles. The van der Waals surface area contributed by atoms with Crippen molar-refractivity contribution in [1.29, 1.82) is 0 Å². The molecule has 1 aromatic rings. The molecule has 1 aromatic heterocycles. The van der Waals surface area contributed by atoms with E-state index in [1.807, 2.05) is 13.0 Å². The van der Waals surface area contributed by atoms with E-state index in [1.165, 1.54) is 0 Å².